The van der Waals surface area contributed by atoms with E-state index in [9.17, 15) is 0 Å². The summed E-state index contributed by atoms with van der Waals surface area (Å²) in [5, 5.41) is 0. The van der Waals surface area contributed by atoms with Crippen molar-refractivity contribution in [2.45, 2.75) is 19.8 Å². The number of hydrogen-bond acceptors (Lipinski definition) is 1. The Morgan fingerprint density at radius 3 is 2.33 bits per heavy atom. The molecule has 1 aliphatic heterocycles. The summed E-state index contributed by atoms with van der Waals surface area (Å²) in [5.74, 6) is 0.984. The molecule has 0 spiro atoms. The molecule has 0 aromatic rings. The van der Waals surface area contributed by atoms with Gasteiger partial charge in [-0.1, -0.05) is 15.7 Å². The molecule has 0 aromatic heterocycles. The maximum absolute atomic E-state index is 2.56. The molecule has 1 nitrogen and oxygen atoms in total. The molecule has 0 radical (unpaired) electrons. The van der Waals surface area contributed by atoms with E-state index in [-0.39, 0.29) is 0 Å². The molecule has 0 aliphatic carbocycles. The summed E-state index contributed by atoms with van der Waals surface area (Å²) in [6, 6.07) is 0. The van der Waals surface area contributed by atoms with E-state index in [2.05, 4.69) is 18.3 Å². The van der Waals surface area contributed by atoms with E-state index < -0.39 is 0 Å². The molecule has 0 amide bonds. The van der Waals surface area contributed by atoms with Crippen LogP contribution < -0.4 is 0 Å². The maximum Gasteiger partial charge on any atom is 0.00210 e. The van der Waals surface area contributed by atoms with Gasteiger partial charge in [-0.15, -0.1) is 0 Å². The van der Waals surface area contributed by atoms with Crippen molar-refractivity contribution in [2.24, 2.45) is 5.92 Å². The van der Waals surface area contributed by atoms with Gasteiger partial charge >= 0.3 is 0 Å². The van der Waals surface area contributed by atoms with Crippen LogP contribution in [0.25, 0.3) is 0 Å². The van der Waals surface area contributed by atoms with Crippen molar-refractivity contribution < 1.29 is 0 Å². The molecule has 9 heavy (non-hydrogen) atoms. The van der Waals surface area contributed by atoms with Gasteiger partial charge in [0.05, 0.1) is 0 Å². The van der Waals surface area contributed by atoms with Crippen molar-refractivity contribution in [3.8, 4) is 0 Å². The second-order valence-electron chi connectivity index (χ2n) is 2.89. The fraction of sp³-hybridized carbons (Fsp3) is 1.00. The normalized spacial score (nSPS) is 26.0. The summed E-state index contributed by atoms with van der Waals surface area (Å²) >= 11 is 0. The molecule has 0 aromatic carbocycles. The average Bonchev–Trinajstić information content (AvgIpc) is 1.90. The number of piperidine rings is 1. The Balaban J connectivity index is 2.18. The van der Waals surface area contributed by atoms with Crippen molar-refractivity contribution in [3.63, 3.8) is 0 Å². The van der Waals surface area contributed by atoms with E-state index in [1.54, 1.807) is 0 Å². The van der Waals surface area contributed by atoms with Crippen LogP contribution in [0.5, 0.6) is 0 Å². The van der Waals surface area contributed by atoms with Crippen LogP contribution in [0.2, 0.25) is 0 Å². The SMILES string of the molecule is CPN1CCC(C)CC1. The van der Waals surface area contributed by atoms with Gasteiger partial charge in [-0.25, -0.2) is 0 Å². The third-order valence-electron chi connectivity index (χ3n) is 2.10. The standard InChI is InChI=1S/C7H16NP/c1-7-3-5-8(9-2)6-4-7/h7,9H,3-6H2,1-2H3. The van der Waals surface area contributed by atoms with Gasteiger partial charge in [0.15, 0.2) is 0 Å². The quantitative estimate of drug-likeness (QED) is 0.510. The predicted octanol–water partition coefficient (Wildman–Crippen LogP) is 1.94. The molecule has 1 heterocycles. The molecule has 1 fully saturated rings. The third kappa shape index (κ3) is 2.23. The van der Waals surface area contributed by atoms with E-state index >= 15 is 0 Å². The first-order valence-electron chi connectivity index (χ1n) is 3.75. The molecule has 1 unspecified atom stereocenters. The minimum absolute atomic E-state index is 0.984. The van der Waals surface area contributed by atoms with Crippen LogP contribution in [0.15, 0.2) is 0 Å². The molecular weight excluding hydrogens is 129 g/mol. The van der Waals surface area contributed by atoms with Crippen LogP contribution >= 0.6 is 8.73 Å². The zero-order valence-electron chi connectivity index (χ0n) is 6.35. The predicted molar refractivity (Wildman–Crippen MR) is 44.2 cm³/mol. The molecule has 54 valence electrons. The number of nitrogens with zero attached hydrogens (tertiary/aromatic N) is 1. The average molecular weight is 145 g/mol. The highest BCUT2D eigenvalue weighted by Crippen LogP contribution is 2.23. The smallest absolute Gasteiger partial charge is 0.00210 e. The molecular formula is C7H16NP. The van der Waals surface area contributed by atoms with Crippen LogP contribution in [-0.2, 0) is 0 Å². The summed E-state index contributed by atoms with van der Waals surface area (Å²) in [6.45, 7) is 7.32. The van der Waals surface area contributed by atoms with Crippen LogP contribution in [0, 0.1) is 5.92 Å². The van der Waals surface area contributed by atoms with E-state index in [0.717, 1.165) is 14.6 Å². The molecule has 1 rings (SSSR count). The highest BCUT2D eigenvalue weighted by atomic mass is 31.1. The minimum Gasteiger partial charge on any atom is -0.285 e. The zero-order valence-corrected chi connectivity index (χ0v) is 7.35. The highest BCUT2D eigenvalue weighted by molar-refractivity contribution is 7.34. The van der Waals surface area contributed by atoms with Crippen LogP contribution in [0.3, 0.4) is 0 Å². The Labute approximate surface area is 59.7 Å². The molecule has 2 heteroatoms. The van der Waals surface area contributed by atoms with E-state index in [0.29, 0.717) is 0 Å². The lowest BCUT2D eigenvalue weighted by Gasteiger charge is -2.28. The van der Waals surface area contributed by atoms with Crippen LogP contribution in [-0.4, -0.2) is 24.4 Å². The lowest BCUT2D eigenvalue weighted by atomic mass is 10.0. The maximum atomic E-state index is 2.56. The molecule has 1 aliphatic rings. The number of rotatable bonds is 1. The lowest BCUT2D eigenvalue weighted by molar-refractivity contribution is 0.305. The summed E-state index contributed by atoms with van der Waals surface area (Å²) in [6.07, 6.45) is 2.84. The topological polar surface area (TPSA) is 3.24 Å². The van der Waals surface area contributed by atoms with E-state index in [1.165, 1.54) is 25.9 Å². The van der Waals surface area contributed by atoms with Gasteiger partial charge in [0, 0.05) is 13.1 Å². The zero-order chi connectivity index (χ0) is 6.69. The van der Waals surface area contributed by atoms with E-state index in [1.807, 2.05) is 0 Å². The first kappa shape index (κ1) is 7.50. The number of hydrogen-bond donors (Lipinski definition) is 0. The van der Waals surface area contributed by atoms with Crippen LogP contribution in [0.1, 0.15) is 19.8 Å². The van der Waals surface area contributed by atoms with Gasteiger partial charge in [-0.3, -0.25) is 4.67 Å². The second-order valence-corrected chi connectivity index (χ2v) is 3.97. The van der Waals surface area contributed by atoms with Crippen molar-refractivity contribution in [1.82, 2.24) is 4.67 Å². The fourth-order valence-corrected chi connectivity index (χ4v) is 1.94. The molecule has 1 saturated heterocycles. The first-order valence-corrected chi connectivity index (χ1v) is 5.20. The largest absolute Gasteiger partial charge is 0.285 e. The Kier molecular flexibility index (Phi) is 2.94. The van der Waals surface area contributed by atoms with Crippen molar-refractivity contribution in [1.29, 1.82) is 0 Å². The van der Waals surface area contributed by atoms with Gasteiger partial charge in [0.1, 0.15) is 0 Å². The van der Waals surface area contributed by atoms with Gasteiger partial charge in [0.2, 0.25) is 0 Å². The van der Waals surface area contributed by atoms with Crippen LogP contribution in [0.4, 0.5) is 0 Å². The molecule has 0 saturated carbocycles. The monoisotopic (exact) mass is 145 g/mol. The molecule has 0 bridgehead atoms. The van der Waals surface area contributed by atoms with Gasteiger partial charge in [-0.05, 0) is 25.4 Å². The molecule has 1 atom stereocenters. The third-order valence-corrected chi connectivity index (χ3v) is 3.18. The van der Waals surface area contributed by atoms with Crippen molar-refractivity contribution >= 4 is 8.73 Å². The summed E-state index contributed by atoms with van der Waals surface area (Å²) in [4.78, 5) is 0. The fourth-order valence-electron chi connectivity index (χ4n) is 1.23. The lowest BCUT2D eigenvalue weighted by Crippen LogP contribution is -2.25. The van der Waals surface area contributed by atoms with Gasteiger partial charge in [0.25, 0.3) is 0 Å². The Morgan fingerprint density at radius 1 is 1.33 bits per heavy atom. The van der Waals surface area contributed by atoms with E-state index in [4.69, 9.17) is 0 Å². The highest BCUT2D eigenvalue weighted by Gasteiger charge is 2.12. The first-order chi connectivity index (χ1) is 4.33. The summed E-state index contributed by atoms with van der Waals surface area (Å²) in [7, 11) is 1.03. The van der Waals surface area contributed by atoms with Crippen molar-refractivity contribution in [2.75, 3.05) is 19.8 Å². The Morgan fingerprint density at radius 2 is 1.89 bits per heavy atom. The van der Waals surface area contributed by atoms with Gasteiger partial charge < -0.3 is 0 Å². The second kappa shape index (κ2) is 3.53. The Bertz CT molecular complexity index is 77.0. The van der Waals surface area contributed by atoms with Gasteiger partial charge in [-0.2, -0.15) is 0 Å². The van der Waals surface area contributed by atoms with Crippen molar-refractivity contribution in [3.05, 3.63) is 0 Å². The Hall–Kier alpha value is 0.390. The summed E-state index contributed by atoms with van der Waals surface area (Å²) in [5.41, 5.74) is 0. The summed E-state index contributed by atoms with van der Waals surface area (Å²) < 4.78 is 2.56. The molecule has 0 N–H and O–H groups in total. The minimum atomic E-state index is 0.984.